The molecule has 0 bridgehead atoms. The van der Waals surface area contributed by atoms with E-state index >= 15 is 0 Å². The molecule has 0 aliphatic heterocycles. The quantitative estimate of drug-likeness (QED) is 0.314. The highest BCUT2D eigenvalue weighted by Gasteiger charge is 2.32. The first-order valence-electron chi connectivity index (χ1n) is 13.5. The molecule has 1 saturated carbocycles. The maximum Gasteiger partial charge on any atom is 0.281 e. The smallest absolute Gasteiger partial charge is 0.281 e. The van der Waals surface area contributed by atoms with Crippen LogP contribution in [0.2, 0.25) is 0 Å². The molecule has 1 fully saturated rings. The second-order valence-electron chi connectivity index (χ2n) is 10.9. The Morgan fingerprint density at radius 3 is 2.50 bits per heavy atom. The molecular weight excluding hydrogens is 533 g/mol. The molecule has 0 spiro atoms. The molecule has 0 radical (unpaired) electrons. The number of nitrogens with one attached hydrogen (secondary N) is 1. The lowest BCUT2D eigenvalue weighted by molar-refractivity contribution is 0.0501. The predicted octanol–water partition coefficient (Wildman–Crippen LogP) is 6.44. The molecule has 2 heterocycles. The molecule has 3 aromatic rings. The third-order valence-corrected chi connectivity index (χ3v) is 8.14. The number of sulfonamides is 1. The van der Waals surface area contributed by atoms with Gasteiger partial charge in [0.25, 0.3) is 15.9 Å². The molecular formula is C30H40FN3O5S. The number of carbonyl (C=O) groups excluding carboxylic acids is 1. The van der Waals surface area contributed by atoms with Crippen molar-refractivity contribution in [1.29, 1.82) is 0 Å². The van der Waals surface area contributed by atoms with Crippen molar-refractivity contribution in [3.8, 4) is 22.9 Å². The lowest BCUT2D eigenvalue weighted by atomic mass is 9.80. The zero-order chi connectivity index (χ0) is 29.0. The van der Waals surface area contributed by atoms with Crippen molar-refractivity contribution < 1.29 is 29.9 Å². The van der Waals surface area contributed by atoms with Crippen molar-refractivity contribution in [2.45, 2.75) is 65.0 Å². The third-order valence-electron chi connectivity index (χ3n) is 6.91. The fourth-order valence-electron chi connectivity index (χ4n) is 4.83. The molecule has 218 valence electrons. The molecule has 10 heteroatoms. The number of aromatic nitrogens is 2. The van der Waals surface area contributed by atoms with Gasteiger partial charge in [0.1, 0.15) is 23.2 Å². The maximum atomic E-state index is 14.5. The number of aryl methyl sites for hydroxylation is 1. The summed E-state index contributed by atoms with van der Waals surface area (Å²) in [5.41, 5.74) is 1.26. The summed E-state index contributed by atoms with van der Waals surface area (Å²) in [6.07, 6.45) is 2.77. The van der Waals surface area contributed by atoms with Gasteiger partial charge in [-0.2, -0.15) is 8.42 Å². The van der Waals surface area contributed by atoms with Crippen molar-refractivity contribution in [3.05, 3.63) is 65.6 Å². The van der Waals surface area contributed by atoms with Gasteiger partial charge >= 0.3 is 0 Å². The van der Waals surface area contributed by atoms with E-state index < -0.39 is 21.7 Å². The van der Waals surface area contributed by atoms with E-state index in [-0.39, 0.29) is 43.2 Å². The Bertz CT molecular complexity index is 1480. The summed E-state index contributed by atoms with van der Waals surface area (Å²) >= 11 is 0. The highest BCUT2D eigenvalue weighted by atomic mass is 32.2. The molecule has 4 rings (SSSR count). The Balaban J connectivity index is 0.00000308. The number of rotatable bonds is 9. The van der Waals surface area contributed by atoms with Gasteiger partial charge < -0.3 is 9.47 Å². The molecule has 1 amide bonds. The van der Waals surface area contributed by atoms with Crippen molar-refractivity contribution in [2.75, 3.05) is 6.61 Å². The van der Waals surface area contributed by atoms with E-state index in [4.69, 9.17) is 9.47 Å². The average Bonchev–Trinajstić information content (AvgIpc) is 2.89. The van der Waals surface area contributed by atoms with Crippen LogP contribution in [0, 0.1) is 30.5 Å². The van der Waals surface area contributed by atoms with Crippen LogP contribution in [0.3, 0.4) is 0 Å². The molecule has 2 atom stereocenters. The topological polar surface area (TPSA) is 107 Å². The Hall–Kier alpha value is -3.53. The SMILES string of the molecule is Cc1cccc(S(=O)(=O)NC(=O)c2ccc(-c3cc(F)cc(OCC(C)C)c3)nc2OC2C(C)CCCC2C)n1.[HH].[HH]. The van der Waals surface area contributed by atoms with E-state index in [1.54, 1.807) is 25.1 Å². The molecule has 1 aliphatic carbocycles. The first-order chi connectivity index (χ1) is 18.9. The van der Waals surface area contributed by atoms with E-state index in [0.29, 0.717) is 29.3 Å². The van der Waals surface area contributed by atoms with E-state index in [0.717, 1.165) is 19.3 Å². The van der Waals surface area contributed by atoms with Crippen LogP contribution in [-0.4, -0.2) is 37.0 Å². The first kappa shape index (κ1) is 29.5. The zero-order valence-electron chi connectivity index (χ0n) is 23.5. The maximum absolute atomic E-state index is 14.5. The van der Waals surface area contributed by atoms with Crippen LogP contribution in [0.4, 0.5) is 4.39 Å². The Morgan fingerprint density at radius 1 is 1.10 bits per heavy atom. The van der Waals surface area contributed by atoms with Crippen LogP contribution in [0.5, 0.6) is 11.6 Å². The summed E-state index contributed by atoms with van der Waals surface area (Å²) in [7, 11) is -4.25. The van der Waals surface area contributed by atoms with Crippen LogP contribution in [0.15, 0.2) is 53.6 Å². The zero-order valence-corrected chi connectivity index (χ0v) is 24.3. The summed E-state index contributed by atoms with van der Waals surface area (Å²) in [4.78, 5) is 22.0. The number of ether oxygens (including phenoxy) is 2. The molecule has 40 heavy (non-hydrogen) atoms. The third kappa shape index (κ3) is 7.15. The van der Waals surface area contributed by atoms with Crippen LogP contribution in [0.25, 0.3) is 11.3 Å². The minimum atomic E-state index is -4.25. The number of pyridine rings is 2. The van der Waals surface area contributed by atoms with Crippen molar-refractivity contribution >= 4 is 15.9 Å². The summed E-state index contributed by atoms with van der Waals surface area (Å²) in [6.45, 7) is 10.2. The van der Waals surface area contributed by atoms with Gasteiger partial charge in [0.15, 0.2) is 5.03 Å². The van der Waals surface area contributed by atoms with Gasteiger partial charge in [-0.3, -0.25) is 4.79 Å². The Kier molecular flexibility index (Phi) is 9.08. The number of amides is 1. The van der Waals surface area contributed by atoms with Gasteiger partial charge in [-0.15, -0.1) is 0 Å². The van der Waals surface area contributed by atoms with Gasteiger partial charge in [0, 0.05) is 20.2 Å². The number of carbonyl (C=O) groups is 1. The number of hydrogen-bond donors (Lipinski definition) is 1. The fourth-order valence-corrected chi connectivity index (χ4v) is 5.81. The van der Waals surface area contributed by atoms with Crippen molar-refractivity contribution in [3.63, 3.8) is 0 Å². The molecule has 1 aromatic carbocycles. The second-order valence-corrected chi connectivity index (χ2v) is 12.6. The number of halogens is 1. The minimum Gasteiger partial charge on any atom is -0.493 e. The predicted molar refractivity (Wildman–Crippen MR) is 154 cm³/mol. The molecule has 1 N–H and O–H groups in total. The first-order valence-corrected chi connectivity index (χ1v) is 15.0. The lowest BCUT2D eigenvalue weighted by Gasteiger charge is -2.34. The van der Waals surface area contributed by atoms with E-state index in [2.05, 4.69) is 28.5 Å². The monoisotopic (exact) mass is 573 g/mol. The normalized spacial score (nSPS) is 19.3. The van der Waals surface area contributed by atoms with Gasteiger partial charge in [0.2, 0.25) is 5.88 Å². The second kappa shape index (κ2) is 12.3. The van der Waals surface area contributed by atoms with E-state index in [1.807, 2.05) is 13.8 Å². The molecule has 2 aromatic heterocycles. The molecule has 8 nitrogen and oxygen atoms in total. The van der Waals surface area contributed by atoms with Crippen LogP contribution >= 0.6 is 0 Å². The highest BCUT2D eigenvalue weighted by molar-refractivity contribution is 7.90. The highest BCUT2D eigenvalue weighted by Crippen LogP contribution is 2.34. The number of hydrogen-bond acceptors (Lipinski definition) is 7. The van der Waals surface area contributed by atoms with E-state index in [1.165, 1.54) is 30.3 Å². The largest absolute Gasteiger partial charge is 0.493 e. The van der Waals surface area contributed by atoms with Crippen molar-refractivity contribution in [1.82, 2.24) is 14.7 Å². The van der Waals surface area contributed by atoms with Crippen LogP contribution < -0.4 is 14.2 Å². The number of nitrogens with zero attached hydrogens (tertiary/aromatic N) is 2. The number of benzene rings is 1. The van der Waals surface area contributed by atoms with Crippen molar-refractivity contribution in [2.24, 2.45) is 17.8 Å². The van der Waals surface area contributed by atoms with Gasteiger partial charge in [-0.25, -0.2) is 19.1 Å². The van der Waals surface area contributed by atoms with Crippen LogP contribution in [0.1, 0.15) is 65.9 Å². The molecule has 0 saturated heterocycles. The summed E-state index contributed by atoms with van der Waals surface area (Å²) < 4.78 is 54.6. The Labute approximate surface area is 238 Å². The van der Waals surface area contributed by atoms with E-state index in [9.17, 15) is 17.6 Å². The molecule has 1 aliphatic rings. The summed E-state index contributed by atoms with van der Waals surface area (Å²) in [5.74, 6) is -0.371. The Morgan fingerprint density at radius 2 is 1.82 bits per heavy atom. The standard InChI is InChI=1S/C30H36FN3O5S.2H2/c1-18(2)17-38-24-15-22(14-23(31)16-24)26-13-12-25(30(33-26)39-28-19(3)8-6-9-20(28)4)29(35)34-40(36,37)27-11-7-10-21(5)32-27;;/h7,10-16,18-20,28H,6,8-9,17H2,1-5H3,(H,34,35);2*1H. The van der Waals surface area contributed by atoms with Gasteiger partial charge in [-0.1, -0.05) is 40.2 Å². The summed E-state index contributed by atoms with van der Waals surface area (Å²) in [5, 5.41) is -0.267. The minimum absolute atomic E-state index is 0. The lowest BCUT2D eigenvalue weighted by Crippen LogP contribution is -2.37. The average molecular weight is 574 g/mol. The summed E-state index contributed by atoms with van der Waals surface area (Å²) in [6, 6.07) is 11.8. The van der Waals surface area contributed by atoms with Gasteiger partial charge in [-0.05, 0) is 73.9 Å². The molecule has 2 unspecified atom stereocenters. The fraction of sp³-hybridized carbons (Fsp3) is 0.433. The van der Waals surface area contributed by atoms with Crippen LogP contribution in [-0.2, 0) is 10.0 Å². The van der Waals surface area contributed by atoms with Gasteiger partial charge in [0.05, 0.1) is 12.3 Å².